The fourth-order valence-electron chi connectivity index (χ4n) is 0.770. The highest BCUT2D eigenvalue weighted by atomic mass is 19.1. The summed E-state index contributed by atoms with van der Waals surface area (Å²) in [5, 5.41) is 19.3. The van der Waals surface area contributed by atoms with Crippen molar-refractivity contribution in [3.8, 4) is 0 Å². The second kappa shape index (κ2) is 2.13. The highest BCUT2D eigenvalue weighted by molar-refractivity contribution is 5.06. The lowest BCUT2D eigenvalue weighted by Gasteiger charge is -1.94. The summed E-state index contributed by atoms with van der Waals surface area (Å²) in [6.07, 6.45) is -0.892. The zero-order chi connectivity index (χ0) is 6.85. The second-order valence-corrected chi connectivity index (χ2v) is 1.98. The molecule has 0 bridgehead atoms. The average Bonchev–Trinajstić information content (AvgIpc) is 2.14. The van der Waals surface area contributed by atoms with Crippen LogP contribution in [0.25, 0.3) is 0 Å². The molecule has 1 rings (SSSR count). The van der Waals surface area contributed by atoms with Crippen LogP contribution in [0.5, 0.6) is 0 Å². The molecule has 0 aliphatic carbocycles. The highest BCUT2D eigenvalue weighted by Crippen LogP contribution is 2.14. The van der Waals surface area contributed by atoms with Crippen LogP contribution in [0.4, 0.5) is 4.39 Å². The minimum Gasteiger partial charge on any atom is -0.480 e. The molecule has 0 aromatic rings. The minimum absolute atomic E-state index is 0.0856. The molecule has 4 heteroatoms. The van der Waals surface area contributed by atoms with E-state index < -0.39 is 12.1 Å². The molecule has 1 aliphatic rings. The molecule has 52 valence electrons. The molecule has 1 aliphatic heterocycles. The predicted octanol–water partition coefficient (Wildman–Crippen LogP) is 0.603. The van der Waals surface area contributed by atoms with Crippen LogP contribution in [0.1, 0.15) is 6.42 Å². The third kappa shape index (κ3) is 1.25. The number of rotatable bonds is 0. The van der Waals surface area contributed by atoms with E-state index in [0.717, 1.165) is 0 Å². The number of hydrogen-bond donors (Lipinski definition) is 3. The molecule has 0 unspecified atom stereocenters. The molecule has 0 saturated carbocycles. The molecular weight excluding hydrogens is 125 g/mol. The number of nitrogens with one attached hydrogen (secondary N) is 1. The van der Waals surface area contributed by atoms with E-state index in [1.807, 2.05) is 0 Å². The van der Waals surface area contributed by atoms with Gasteiger partial charge in [0.1, 0.15) is 6.17 Å². The maximum atomic E-state index is 12.2. The second-order valence-electron chi connectivity index (χ2n) is 1.98. The zero-order valence-corrected chi connectivity index (χ0v) is 4.76. The summed E-state index contributed by atoms with van der Waals surface area (Å²) in [6.45, 7) is 0.181. The van der Waals surface area contributed by atoms with E-state index in [1.54, 1.807) is 0 Å². The summed E-state index contributed by atoms with van der Waals surface area (Å²) in [5.41, 5.74) is 0.197. The smallest absolute Gasteiger partial charge is 0.294 e. The van der Waals surface area contributed by atoms with Crippen molar-refractivity contribution < 1.29 is 14.6 Å². The fraction of sp³-hybridized carbons (Fsp3) is 0.600. The van der Waals surface area contributed by atoms with Crippen molar-refractivity contribution in [1.82, 2.24) is 5.32 Å². The number of hydrogen-bond acceptors (Lipinski definition) is 3. The Morgan fingerprint density at radius 3 is 2.56 bits per heavy atom. The van der Waals surface area contributed by atoms with Crippen molar-refractivity contribution in [3.63, 3.8) is 0 Å². The molecule has 0 aromatic heterocycles. The molecule has 0 amide bonds. The molecule has 0 spiro atoms. The number of aliphatic hydroxyl groups is 2. The van der Waals surface area contributed by atoms with Gasteiger partial charge in [0, 0.05) is 13.0 Å². The minimum atomic E-state index is -0.978. The Bertz CT molecular complexity index is 142. The Morgan fingerprint density at radius 1 is 1.67 bits per heavy atom. The third-order valence-corrected chi connectivity index (χ3v) is 1.23. The average molecular weight is 133 g/mol. The quantitative estimate of drug-likeness (QED) is 0.424. The number of halogens is 1. The van der Waals surface area contributed by atoms with Gasteiger partial charge in [0.05, 0.1) is 5.70 Å². The van der Waals surface area contributed by atoms with Gasteiger partial charge in [-0.05, 0) is 0 Å². The molecule has 3 N–H and O–H groups in total. The van der Waals surface area contributed by atoms with Crippen LogP contribution in [0.2, 0.25) is 0 Å². The van der Waals surface area contributed by atoms with Crippen LogP contribution in [0.15, 0.2) is 11.6 Å². The highest BCUT2D eigenvalue weighted by Gasteiger charge is 2.20. The van der Waals surface area contributed by atoms with E-state index in [0.29, 0.717) is 0 Å². The fourth-order valence-corrected chi connectivity index (χ4v) is 0.770. The lowest BCUT2D eigenvalue weighted by Crippen LogP contribution is -2.09. The Kier molecular flexibility index (Phi) is 1.46. The van der Waals surface area contributed by atoms with Crippen molar-refractivity contribution in [2.75, 3.05) is 6.54 Å². The van der Waals surface area contributed by atoms with Crippen LogP contribution in [-0.4, -0.2) is 22.9 Å². The van der Waals surface area contributed by atoms with Gasteiger partial charge in [-0.3, -0.25) is 0 Å². The summed E-state index contributed by atoms with van der Waals surface area (Å²) >= 11 is 0. The largest absolute Gasteiger partial charge is 0.480 e. The summed E-state index contributed by atoms with van der Waals surface area (Å²) in [7, 11) is 0. The van der Waals surface area contributed by atoms with Gasteiger partial charge in [-0.2, -0.15) is 0 Å². The molecule has 3 nitrogen and oxygen atoms in total. The van der Waals surface area contributed by atoms with Gasteiger partial charge in [0.25, 0.3) is 5.95 Å². The van der Waals surface area contributed by atoms with E-state index in [4.69, 9.17) is 10.2 Å². The van der Waals surface area contributed by atoms with Gasteiger partial charge < -0.3 is 15.5 Å². The van der Waals surface area contributed by atoms with Crippen LogP contribution in [-0.2, 0) is 0 Å². The first kappa shape index (κ1) is 6.19. The molecule has 1 fully saturated rings. The van der Waals surface area contributed by atoms with Gasteiger partial charge in [-0.1, -0.05) is 0 Å². The van der Waals surface area contributed by atoms with Crippen molar-refractivity contribution in [2.24, 2.45) is 0 Å². The first-order chi connectivity index (χ1) is 4.20. The van der Waals surface area contributed by atoms with Crippen molar-refractivity contribution in [2.45, 2.75) is 12.6 Å². The SMILES string of the molecule is OC(O)=C1C[C@@H](F)CN1. The molecule has 0 radical (unpaired) electrons. The lowest BCUT2D eigenvalue weighted by molar-refractivity contribution is 0.181. The van der Waals surface area contributed by atoms with Crippen LogP contribution in [0.3, 0.4) is 0 Å². The summed E-state index contributed by atoms with van der Waals surface area (Å²) in [4.78, 5) is 0. The maximum absolute atomic E-state index is 12.2. The standard InChI is InChI=1S/C5H8FNO2/c6-3-1-4(5(8)9)7-2-3/h3,7-9H,1-2H2/t3-/m1/s1. The molecular formula is C5H8FNO2. The van der Waals surface area contributed by atoms with Crippen LogP contribution in [0, 0.1) is 0 Å². The van der Waals surface area contributed by atoms with Crippen LogP contribution >= 0.6 is 0 Å². The van der Waals surface area contributed by atoms with Gasteiger partial charge in [-0.15, -0.1) is 0 Å². The van der Waals surface area contributed by atoms with Gasteiger partial charge >= 0.3 is 0 Å². The summed E-state index contributed by atoms with van der Waals surface area (Å²) in [5.74, 6) is -0.796. The van der Waals surface area contributed by atoms with Crippen molar-refractivity contribution in [3.05, 3.63) is 11.6 Å². The Labute approximate surface area is 51.8 Å². The molecule has 1 heterocycles. The Hall–Kier alpha value is -0.930. The Morgan fingerprint density at radius 2 is 2.33 bits per heavy atom. The monoisotopic (exact) mass is 133 g/mol. The number of aliphatic hydroxyl groups excluding tert-OH is 1. The van der Waals surface area contributed by atoms with Gasteiger partial charge in [-0.25, -0.2) is 4.39 Å². The molecule has 0 aromatic carbocycles. The normalized spacial score (nSPS) is 25.9. The molecule has 1 atom stereocenters. The third-order valence-electron chi connectivity index (χ3n) is 1.23. The molecule has 1 saturated heterocycles. The first-order valence-corrected chi connectivity index (χ1v) is 2.69. The molecule has 9 heavy (non-hydrogen) atoms. The van der Waals surface area contributed by atoms with Gasteiger partial charge in [0.15, 0.2) is 0 Å². The lowest BCUT2D eigenvalue weighted by atomic mass is 10.3. The Balaban J connectivity index is 2.58. The van der Waals surface area contributed by atoms with Crippen LogP contribution < -0.4 is 5.32 Å². The predicted molar refractivity (Wildman–Crippen MR) is 29.8 cm³/mol. The van der Waals surface area contributed by atoms with Crippen molar-refractivity contribution >= 4 is 0 Å². The number of allylic oxidation sites excluding steroid dienone is 1. The zero-order valence-electron chi connectivity index (χ0n) is 4.76. The first-order valence-electron chi connectivity index (χ1n) is 2.69. The van der Waals surface area contributed by atoms with E-state index >= 15 is 0 Å². The van der Waals surface area contributed by atoms with Crippen molar-refractivity contribution in [1.29, 1.82) is 0 Å². The maximum Gasteiger partial charge on any atom is 0.294 e. The summed E-state index contributed by atoms with van der Waals surface area (Å²) < 4.78 is 12.2. The van der Waals surface area contributed by atoms with E-state index in [-0.39, 0.29) is 18.7 Å². The van der Waals surface area contributed by atoms with E-state index in [9.17, 15) is 4.39 Å². The number of alkyl halides is 1. The summed E-state index contributed by atoms with van der Waals surface area (Å²) in [6, 6.07) is 0. The van der Waals surface area contributed by atoms with Gasteiger partial charge in [0.2, 0.25) is 0 Å². The van der Waals surface area contributed by atoms with E-state index in [2.05, 4.69) is 5.32 Å². The van der Waals surface area contributed by atoms with E-state index in [1.165, 1.54) is 0 Å². The topological polar surface area (TPSA) is 52.5 Å².